The Bertz CT molecular complexity index is 538. The van der Waals surface area contributed by atoms with Crippen molar-refractivity contribution in [1.82, 2.24) is 10.2 Å². The predicted molar refractivity (Wildman–Crippen MR) is 60.3 cm³/mol. The molecular formula is C12H10N2O3. The SMILES string of the molecule is Cc1ccc(Oc2ccc(C=O)cc2O)nn1. The van der Waals surface area contributed by atoms with Crippen LogP contribution in [-0.2, 0) is 0 Å². The molecule has 1 aromatic carbocycles. The highest BCUT2D eigenvalue weighted by molar-refractivity contribution is 5.76. The number of carbonyl (C=O) groups is 1. The number of hydrogen-bond donors (Lipinski definition) is 1. The summed E-state index contributed by atoms with van der Waals surface area (Å²) in [6.45, 7) is 1.81. The highest BCUT2D eigenvalue weighted by Gasteiger charge is 2.06. The molecule has 0 saturated heterocycles. The lowest BCUT2D eigenvalue weighted by Crippen LogP contribution is -1.92. The molecule has 0 unspecified atom stereocenters. The van der Waals surface area contributed by atoms with Crippen LogP contribution in [0.4, 0.5) is 0 Å². The van der Waals surface area contributed by atoms with Crippen LogP contribution < -0.4 is 4.74 Å². The van der Waals surface area contributed by atoms with Crippen LogP contribution in [0.15, 0.2) is 30.3 Å². The standard InChI is InChI=1S/C12H10N2O3/c1-8-2-5-12(14-13-8)17-11-4-3-9(7-15)6-10(11)16/h2-7,16H,1H3. The molecule has 1 N–H and O–H groups in total. The van der Waals surface area contributed by atoms with E-state index in [1.54, 1.807) is 18.2 Å². The van der Waals surface area contributed by atoms with E-state index in [1.807, 2.05) is 6.92 Å². The maximum atomic E-state index is 10.5. The van der Waals surface area contributed by atoms with Crippen molar-refractivity contribution in [1.29, 1.82) is 0 Å². The summed E-state index contributed by atoms with van der Waals surface area (Å²) in [6, 6.07) is 7.77. The number of benzene rings is 1. The number of aromatic nitrogens is 2. The van der Waals surface area contributed by atoms with Gasteiger partial charge in [-0.05, 0) is 31.2 Å². The maximum Gasteiger partial charge on any atom is 0.239 e. The fourth-order valence-electron chi connectivity index (χ4n) is 1.25. The van der Waals surface area contributed by atoms with E-state index in [0.717, 1.165) is 5.69 Å². The van der Waals surface area contributed by atoms with Gasteiger partial charge in [-0.3, -0.25) is 4.79 Å². The monoisotopic (exact) mass is 230 g/mol. The van der Waals surface area contributed by atoms with Gasteiger partial charge in [0.05, 0.1) is 5.69 Å². The van der Waals surface area contributed by atoms with Gasteiger partial charge in [0.15, 0.2) is 11.5 Å². The average molecular weight is 230 g/mol. The third kappa shape index (κ3) is 2.57. The molecule has 86 valence electrons. The Morgan fingerprint density at radius 2 is 2.06 bits per heavy atom. The van der Waals surface area contributed by atoms with Crippen molar-refractivity contribution >= 4 is 6.29 Å². The van der Waals surface area contributed by atoms with Crippen molar-refractivity contribution in [2.45, 2.75) is 6.92 Å². The molecule has 0 radical (unpaired) electrons. The van der Waals surface area contributed by atoms with Gasteiger partial charge in [0.25, 0.3) is 0 Å². The highest BCUT2D eigenvalue weighted by atomic mass is 16.5. The summed E-state index contributed by atoms with van der Waals surface area (Å²) in [7, 11) is 0. The molecule has 1 aromatic heterocycles. The molecule has 1 heterocycles. The minimum Gasteiger partial charge on any atom is -0.504 e. The van der Waals surface area contributed by atoms with Crippen molar-refractivity contribution in [2.75, 3.05) is 0 Å². The van der Waals surface area contributed by atoms with E-state index in [-0.39, 0.29) is 17.4 Å². The van der Waals surface area contributed by atoms with Gasteiger partial charge in [-0.25, -0.2) is 0 Å². The van der Waals surface area contributed by atoms with E-state index in [0.29, 0.717) is 11.8 Å². The van der Waals surface area contributed by atoms with Gasteiger partial charge in [0.2, 0.25) is 5.88 Å². The summed E-state index contributed by atoms with van der Waals surface area (Å²) < 4.78 is 5.32. The second-order valence-electron chi connectivity index (χ2n) is 3.46. The van der Waals surface area contributed by atoms with E-state index < -0.39 is 0 Å². The minimum absolute atomic E-state index is 0.114. The lowest BCUT2D eigenvalue weighted by molar-refractivity contribution is 0.112. The molecule has 5 heteroatoms. The van der Waals surface area contributed by atoms with Crippen LogP contribution in [0, 0.1) is 6.92 Å². The van der Waals surface area contributed by atoms with Gasteiger partial charge in [-0.15, -0.1) is 5.10 Å². The van der Waals surface area contributed by atoms with Gasteiger partial charge in [-0.2, -0.15) is 5.10 Å². The molecule has 0 atom stereocenters. The third-order valence-electron chi connectivity index (χ3n) is 2.11. The zero-order chi connectivity index (χ0) is 12.3. The lowest BCUT2D eigenvalue weighted by Gasteiger charge is -2.06. The zero-order valence-electron chi connectivity index (χ0n) is 9.12. The molecule has 2 aromatic rings. The maximum absolute atomic E-state index is 10.5. The number of ether oxygens (including phenoxy) is 1. The molecule has 0 aliphatic heterocycles. The normalized spacial score (nSPS) is 9.94. The summed E-state index contributed by atoms with van der Waals surface area (Å²) >= 11 is 0. The number of aryl methyl sites for hydroxylation is 1. The first-order valence-corrected chi connectivity index (χ1v) is 4.95. The number of phenols is 1. The number of nitrogens with zero attached hydrogens (tertiary/aromatic N) is 2. The lowest BCUT2D eigenvalue weighted by atomic mass is 10.2. The van der Waals surface area contributed by atoms with Gasteiger partial charge in [-0.1, -0.05) is 0 Å². The first kappa shape index (κ1) is 11.1. The molecule has 0 aliphatic rings. The van der Waals surface area contributed by atoms with Crippen LogP contribution in [0.2, 0.25) is 0 Å². The molecule has 17 heavy (non-hydrogen) atoms. The first-order valence-electron chi connectivity index (χ1n) is 4.95. The molecule has 5 nitrogen and oxygen atoms in total. The smallest absolute Gasteiger partial charge is 0.239 e. The van der Waals surface area contributed by atoms with Gasteiger partial charge in [0, 0.05) is 11.6 Å². The fourth-order valence-corrected chi connectivity index (χ4v) is 1.25. The number of phenolic OH excluding ortho intramolecular Hbond substituents is 1. The van der Waals surface area contributed by atoms with E-state index in [4.69, 9.17) is 4.74 Å². The second-order valence-corrected chi connectivity index (χ2v) is 3.46. The van der Waals surface area contributed by atoms with Gasteiger partial charge < -0.3 is 9.84 Å². The van der Waals surface area contributed by atoms with Crippen LogP contribution in [-0.4, -0.2) is 21.6 Å². The van der Waals surface area contributed by atoms with E-state index in [9.17, 15) is 9.90 Å². The predicted octanol–water partition coefficient (Wildman–Crippen LogP) is 2.10. The average Bonchev–Trinajstić information content (AvgIpc) is 2.34. The van der Waals surface area contributed by atoms with Gasteiger partial charge >= 0.3 is 0 Å². The Kier molecular flexibility index (Phi) is 3.00. The van der Waals surface area contributed by atoms with Crippen molar-refractivity contribution in [3.63, 3.8) is 0 Å². The Hall–Kier alpha value is -2.43. The summed E-state index contributed by atoms with van der Waals surface area (Å²) in [5.41, 5.74) is 1.16. The Labute approximate surface area is 97.7 Å². The molecular weight excluding hydrogens is 220 g/mol. The second kappa shape index (κ2) is 4.61. The number of aromatic hydroxyl groups is 1. The van der Waals surface area contributed by atoms with Crippen molar-refractivity contribution in [2.24, 2.45) is 0 Å². The third-order valence-corrected chi connectivity index (χ3v) is 2.11. The number of aldehydes is 1. The summed E-state index contributed by atoms with van der Waals surface area (Å²) in [4.78, 5) is 10.5. The van der Waals surface area contributed by atoms with E-state index in [1.165, 1.54) is 12.1 Å². The number of hydrogen-bond acceptors (Lipinski definition) is 5. The summed E-state index contributed by atoms with van der Waals surface area (Å²) in [5.74, 6) is 0.399. The molecule has 0 saturated carbocycles. The number of carbonyl (C=O) groups excluding carboxylic acids is 1. The molecule has 0 bridgehead atoms. The molecule has 0 aliphatic carbocycles. The number of rotatable bonds is 3. The van der Waals surface area contributed by atoms with Crippen molar-refractivity contribution in [3.05, 3.63) is 41.6 Å². The van der Waals surface area contributed by atoms with Crippen LogP contribution >= 0.6 is 0 Å². The Morgan fingerprint density at radius 3 is 2.65 bits per heavy atom. The minimum atomic E-state index is -0.114. The van der Waals surface area contributed by atoms with Crippen LogP contribution in [0.3, 0.4) is 0 Å². The molecule has 0 amide bonds. The molecule has 0 spiro atoms. The van der Waals surface area contributed by atoms with Crippen LogP contribution in [0.1, 0.15) is 16.1 Å². The van der Waals surface area contributed by atoms with Crippen LogP contribution in [0.25, 0.3) is 0 Å². The Balaban J connectivity index is 2.24. The quantitative estimate of drug-likeness (QED) is 0.817. The molecule has 0 fully saturated rings. The van der Waals surface area contributed by atoms with Crippen LogP contribution in [0.5, 0.6) is 17.4 Å². The summed E-state index contributed by atoms with van der Waals surface area (Å²) in [6.07, 6.45) is 0.648. The van der Waals surface area contributed by atoms with E-state index >= 15 is 0 Å². The zero-order valence-corrected chi connectivity index (χ0v) is 9.12. The Morgan fingerprint density at radius 1 is 1.24 bits per heavy atom. The largest absolute Gasteiger partial charge is 0.504 e. The first-order chi connectivity index (χ1) is 8.19. The fraction of sp³-hybridized carbons (Fsp3) is 0.0833. The van der Waals surface area contributed by atoms with E-state index in [2.05, 4.69) is 10.2 Å². The van der Waals surface area contributed by atoms with Gasteiger partial charge in [0.1, 0.15) is 6.29 Å². The highest BCUT2D eigenvalue weighted by Crippen LogP contribution is 2.29. The van der Waals surface area contributed by atoms with Crippen molar-refractivity contribution < 1.29 is 14.6 Å². The summed E-state index contributed by atoms with van der Waals surface area (Å²) in [5, 5.41) is 17.2. The topological polar surface area (TPSA) is 72.3 Å². The molecule has 2 rings (SSSR count). The van der Waals surface area contributed by atoms with Crippen molar-refractivity contribution in [3.8, 4) is 17.4 Å².